The van der Waals surface area contributed by atoms with Crippen molar-refractivity contribution in [3.8, 4) is 5.75 Å². The standard InChI is InChI=1S/C20H24N4O3/c1-20(2,3)27-19(25)24(14-7-9-15(26-5)10-8-14)18-22-16-12-13(21)6-11-17(16)23(18)4/h6-12H,21H2,1-5H3. The maximum absolute atomic E-state index is 13.0. The number of nitrogens with zero attached hydrogens (tertiary/aromatic N) is 3. The molecule has 1 aromatic heterocycles. The third-order valence-electron chi connectivity index (χ3n) is 3.99. The Morgan fingerprint density at radius 3 is 2.41 bits per heavy atom. The van der Waals surface area contributed by atoms with Crippen LogP contribution in [0.3, 0.4) is 0 Å². The summed E-state index contributed by atoms with van der Waals surface area (Å²) in [6.45, 7) is 5.48. The molecule has 0 fully saturated rings. The van der Waals surface area contributed by atoms with E-state index in [1.807, 2.05) is 38.5 Å². The number of rotatable bonds is 3. The Morgan fingerprint density at radius 2 is 1.81 bits per heavy atom. The average molecular weight is 368 g/mol. The largest absolute Gasteiger partial charge is 0.497 e. The SMILES string of the molecule is COc1ccc(N(C(=O)OC(C)(C)C)c2nc3cc(N)ccc3n2C)cc1. The lowest BCUT2D eigenvalue weighted by Crippen LogP contribution is -2.35. The summed E-state index contributed by atoms with van der Waals surface area (Å²) in [5.74, 6) is 1.13. The van der Waals surface area contributed by atoms with Gasteiger partial charge in [-0.05, 0) is 63.2 Å². The zero-order chi connectivity index (χ0) is 19.8. The number of aryl methyl sites for hydroxylation is 1. The minimum absolute atomic E-state index is 0.440. The van der Waals surface area contributed by atoms with Gasteiger partial charge in [-0.3, -0.25) is 0 Å². The number of nitrogens with two attached hydrogens (primary N) is 1. The molecular formula is C20H24N4O3. The molecular weight excluding hydrogens is 344 g/mol. The summed E-state index contributed by atoms with van der Waals surface area (Å²) in [5, 5.41) is 0. The fraction of sp³-hybridized carbons (Fsp3) is 0.300. The van der Waals surface area contributed by atoms with Gasteiger partial charge in [-0.1, -0.05) is 0 Å². The van der Waals surface area contributed by atoms with Gasteiger partial charge in [0.15, 0.2) is 0 Å². The van der Waals surface area contributed by atoms with E-state index in [9.17, 15) is 4.79 Å². The fourth-order valence-electron chi connectivity index (χ4n) is 2.75. The lowest BCUT2D eigenvalue weighted by molar-refractivity contribution is 0.0596. The number of hydrogen-bond acceptors (Lipinski definition) is 5. The van der Waals surface area contributed by atoms with Crippen molar-refractivity contribution in [2.45, 2.75) is 26.4 Å². The topological polar surface area (TPSA) is 82.6 Å². The predicted molar refractivity (Wildman–Crippen MR) is 106 cm³/mol. The predicted octanol–water partition coefficient (Wildman–Crippen LogP) is 4.24. The van der Waals surface area contributed by atoms with Gasteiger partial charge in [0.2, 0.25) is 5.95 Å². The van der Waals surface area contributed by atoms with Crippen molar-refractivity contribution >= 4 is 34.4 Å². The van der Waals surface area contributed by atoms with Gasteiger partial charge in [-0.2, -0.15) is 0 Å². The highest BCUT2D eigenvalue weighted by Crippen LogP contribution is 2.31. The van der Waals surface area contributed by atoms with Crippen molar-refractivity contribution in [2.75, 3.05) is 17.7 Å². The van der Waals surface area contributed by atoms with Crippen LogP contribution in [-0.4, -0.2) is 28.4 Å². The third kappa shape index (κ3) is 3.81. The second-order valence-electron chi connectivity index (χ2n) is 7.23. The first-order valence-electron chi connectivity index (χ1n) is 8.59. The zero-order valence-electron chi connectivity index (χ0n) is 16.2. The molecule has 1 amide bonds. The molecule has 0 saturated heterocycles. The zero-order valence-corrected chi connectivity index (χ0v) is 16.2. The summed E-state index contributed by atoms with van der Waals surface area (Å²) >= 11 is 0. The monoisotopic (exact) mass is 368 g/mol. The Bertz CT molecular complexity index is 971. The lowest BCUT2D eigenvalue weighted by Gasteiger charge is -2.26. The number of nitrogen functional groups attached to an aromatic ring is 1. The van der Waals surface area contributed by atoms with Crippen LogP contribution in [0.15, 0.2) is 42.5 Å². The fourth-order valence-corrected chi connectivity index (χ4v) is 2.75. The van der Waals surface area contributed by atoms with Crippen molar-refractivity contribution in [1.29, 1.82) is 0 Å². The molecule has 0 atom stereocenters. The van der Waals surface area contributed by atoms with Gasteiger partial charge in [0.25, 0.3) is 0 Å². The van der Waals surface area contributed by atoms with Crippen LogP contribution in [-0.2, 0) is 11.8 Å². The van der Waals surface area contributed by atoms with Gasteiger partial charge in [-0.25, -0.2) is 14.7 Å². The van der Waals surface area contributed by atoms with Crippen LogP contribution in [0.2, 0.25) is 0 Å². The molecule has 0 radical (unpaired) electrons. The summed E-state index contributed by atoms with van der Waals surface area (Å²) in [5.41, 5.74) is 8.03. The minimum Gasteiger partial charge on any atom is -0.497 e. The van der Waals surface area contributed by atoms with Gasteiger partial charge in [0.1, 0.15) is 11.4 Å². The van der Waals surface area contributed by atoms with E-state index in [2.05, 4.69) is 4.98 Å². The second kappa shape index (κ2) is 6.83. The first-order chi connectivity index (χ1) is 12.7. The van der Waals surface area contributed by atoms with Gasteiger partial charge in [0, 0.05) is 12.7 Å². The van der Waals surface area contributed by atoms with Crippen LogP contribution >= 0.6 is 0 Å². The molecule has 0 bridgehead atoms. The number of fused-ring (bicyclic) bond motifs is 1. The van der Waals surface area contributed by atoms with Gasteiger partial charge in [-0.15, -0.1) is 0 Å². The van der Waals surface area contributed by atoms with E-state index >= 15 is 0 Å². The van der Waals surface area contributed by atoms with E-state index in [0.29, 0.717) is 28.6 Å². The summed E-state index contributed by atoms with van der Waals surface area (Å²) in [6, 6.07) is 12.6. The van der Waals surface area contributed by atoms with E-state index in [-0.39, 0.29) is 0 Å². The molecule has 27 heavy (non-hydrogen) atoms. The number of benzene rings is 2. The van der Waals surface area contributed by atoms with Crippen LogP contribution < -0.4 is 15.4 Å². The molecule has 3 rings (SSSR count). The molecule has 1 heterocycles. The number of amides is 1. The average Bonchev–Trinajstić information content (AvgIpc) is 2.90. The van der Waals surface area contributed by atoms with E-state index in [4.69, 9.17) is 15.2 Å². The second-order valence-corrected chi connectivity index (χ2v) is 7.23. The minimum atomic E-state index is -0.642. The number of hydrogen-bond donors (Lipinski definition) is 1. The Kier molecular flexibility index (Phi) is 4.70. The Balaban J connectivity index is 2.14. The number of aromatic nitrogens is 2. The first kappa shape index (κ1) is 18.6. The van der Waals surface area contributed by atoms with E-state index in [1.165, 1.54) is 4.90 Å². The molecule has 0 aliphatic rings. The normalized spacial score (nSPS) is 11.4. The highest BCUT2D eigenvalue weighted by molar-refractivity contribution is 5.96. The van der Waals surface area contributed by atoms with Crippen LogP contribution in [0.4, 0.5) is 22.1 Å². The molecule has 0 saturated carbocycles. The maximum atomic E-state index is 13.0. The highest BCUT2D eigenvalue weighted by Gasteiger charge is 2.28. The van der Waals surface area contributed by atoms with Crippen molar-refractivity contribution < 1.29 is 14.3 Å². The van der Waals surface area contributed by atoms with Gasteiger partial charge in [0.05, 0.1) is 23.8 Å². The van der Waals surface area contributed by atoms with Crippen molar-refractivity contribution in [2.24, 2.45) is 7.05 Å². The van der Waals surface area contributed by atoms with Crippen LogP contribution in [0.25, 0.3) is 11.0 Å². The molecule has 0 spiro atoms. The maximum Gasteiger partial charge on any atom is 0.421 e. The molecule has 0 aliphatic heterocycles. The molecule has 2 aromatic carbocycles. The molecule has 2 N–H and O–H groups in total. The Labute approximate surface area is 158 Å². The molecule has 0 aliphatic carbocycles. The molecule has 7 nitrogen and oxygen atoms in total. The van der Waals surface area contributed by atoms with Crippen molar-refractivity contribution in [1.82, 2.24) is 9.55 Å². The Morgan fingerprint density at radius 1 is 1.15 bits per heavy atom. The quantitative estimate of drug-likeness (QED) is 0.699. The number of methoxy groups -OCH3 is 1. The number of carbonyl (C=O) groups is 1. The van der Waals surface area contributed by atoms with Crippen LogP contribution in [0, 0.1) is 0 Å². The summed E-state index contributed by atoms with van der Waals surface area (Å²) in [4.78, 5) is 19.1. The van der Waals surface area contributed by atoms with Crippen LogP contribution in [0.5, 0.6) is 5.75 Å². The van der Waals surface area contributed by atoms with E-state index in [0.717, 1.165) is 5.52 Å². The molecule has 0 unspecified atom stereocenters. The van der Waals surface area contributed by atoms with E-state index in [1.54, 1.807) is 43.5 Å². The molecule has 7 heteroatoms. The first-order valence-corrected chi connectivity index (χ1v) is 8.59. The van der Waals surface area contributed by atoms with Crippen molar-refractivity contribution in [3.63, 3.8) is 0 Å². The summed E-state index contributed by atoms with van der Waals surface area (Å²) in [6.07, 6.45) is -0.515. The Hall–Kier alpha value is -3.22. The highest BCUT2D eigenvalue weighted by atomic mass is 16.6. The summed E-state index contributed by atoms with van der Waals surface area (Å²) < 4.78 is 12.7. The molecule has 3 aromatic rings. The number of anilines is 3. The van der Waals surface area contributed by atoms with Crippen LogP contribution in [0.1, 0.15) is 20.8 Å². The van der Waals surface area contributed by atoms with E-state index < -0.39 is 11.7 Å². The smallest absolute Gasteiger partial charge is 0.421 e. The lowest BCUT2D eigenvalue weighted by atomic mass is 10.2. The van der Waals surface area contributed by atoms with Gasteiger partial charge < -0.3 is 19.8 Å². The number of ether oxygens (including phenoxy) is 2. The summed E-state index contributed by atoms with van der Waals surface area (Å²) in [7, 11) is 3.44. The van der Waals surface area contributed by atoms with Gasteiger partial charge >= 0.3 is 6.09 Å². The number of carbonyl (C=O) groups excluding carboxylic acids is 1. The molecule has 142 valence electrons. The van der Waals surface area contributed by atoms with Crippen molar-refractivity contribution in [3.05, 3.63) is 42.5 Å². The third-order valence-corrected chi connectivity index (χ3v) is 3.99. The number of imidazole rings is 1.